The Bertz CT molecular complexity index is 1460. The van der Waals surface area contributed by atoms with Crippen LogP contribution >= 0.6 is 23.4 Å². The van der Waals surface area contributed by atoms with Crippen molar-refractivity contribution in [3.8, 4) is 0 Å². The van der Waals surface area contributed by atoms with Crippen LogP contribution in [0.2, 0.25) is 5.02 Å². The van der Waals surface area contributed by atoms with Gasteiger partial charge in [-0.25, -0.2) is 13.2 Å². The molecule has 0 aliphatic rings. The van der Waals surface area contributed by atoms with E-state index < -0.39 is 10.0 Å². The molecule has 0 fully saturated rings. The van der Waals surface area contributed by atoms with E-state index in [1.54, 1.807) is 68.1 Å². The molecule has 0 spiro atoms. The Labute approximate surface area is 189 Å². The van der Waals surface area contributed by atoms with Gasteiger partial charge in [0.05, 0.1) is 21.6 Å². The number of aromatic nitrogens is 2. The van der Waals surface area contributed by atoms with Gasteiger partial charge in [0.25, 0.3) is 10.0 Å². The summed E-state index contributed by atoms with van der Waals surface area (Å²) < 4.78 is 32.1. The molecular formula is C22H20ClN3O3S2. The molecule has 1 heterocycles. The molecule has 31 heavy (non-hydrogen) atoms. The lowest BCUT2D eigenvalue weighted by atomic mass is 10.2. The maximum Gasteiger partial charge on any atom is 0.328 e. The van der Waals surface area contributed by atoms with E-state index in [9.17, 15) is 13.2 Å². The zero-order chi connectivity index (χ0) is 22.3. The van der Waals surface area contributed by atoms with E-state index in [1.807, 2.05) is 18.2 Å². The molecular weight excluding hydrogens is 454 g/mol. The van der Waals surface area contributed by atoms with Crippen LogP contribution in [0.25, 0.3) is 11.0 Å². The Morgan fingerprint density at radius 2 is 1.55 bits per heavy atom. The minimum absolute atomic E-state index is 0.184. The molecule has 1 aromatic heterocycles. The molecule has 6 nitrogen and oxygen atoms in total. The molecule has 4 rings (SSSR count). The lowest BCUT2D eigenvalue weighted by Gasteiger charge is -2.15. The Kier molecular flexibility index (Phi) is 5.63. The highest BCUT2D eigenvalue weighted by atomic mass is 35.5. The number of hydrogen-bond donors (Lipinski definition) is 1. The Morgan fingerprint density at radius 1 is 0.935 bits per heavy atom. The standard InChI is InChI=1S/C22H20ClN3O3S2/c1-14-6-4-5-7-21(14)31(28,29)24-17-12-18-19(26(3)22(27)25(18)2)13-20(17)30-16-10-8-15(23)9-11-16/h4-13,24H,1-3H3. The van der Waals surface area contributed by atoms with Crippen LogP contribution in [-0.4, -0.2) is 17.6 Å². The van der Waals surface area contributed by atoms with Gasteiger partial charge < -0.3 is 0 Å². The summed E-state index contributed by atoms with van der Waals surface area (Å²) in [4.78, 5) is 14.2. The molecule has 0 aliphatic carbocycles. The van der Waals surface area contributed by atoms with Gasteiger partial charge in [-0.2, -0.15) is 0 Å². The topological polar surface area (TPSA) is 73.1 Å². The molecule has 0 bridgehead atoms. The molecule has 0 saturated carbocycles. The van der Waals surface area contributed by atoms with Crippen molar-refractivity contribution in [3.63, 3.8) is 0 Å². The van der Waals surface area contributed by atoms with Crippen molar-refractivity contribution < 1.29 is 8.42 Å². The van der Waals surface area contributed by atoms with Gasteiger partial charge in [0.2, 0.25) is 0 Å². The van der Waals surface area contributed by atoms with Crippen LogP contribution in [0.4, 0.5) is 5.69 Å². The Hall–Kier alpha value is -2.68. The molecule has 9 heteroatoms. The largest absolute Gasteiger partial charge is 0.328 e. The highest BCUT2D eigenvalue weighted by Gasteiger charge is 2.21. The van der Waals surface area contributed by atoms with Crippen molar-refractivity contribution in [2.24, 2.45) is 14.1 Å². The zero-order valence-corrected chi connectivity index (χ0v) is 19.5. The normalized spacial score (nSPS) is 11.7. The third kappa shape index (κ3) is 4.11. The van der Waals surface area contributed by atoms with Gasteiger partial charge in [0.1, 0.15) is 0 Å². The highest BCUT2D eigenvalue weighted by molar-refractivity contribution is 7.99. The first-order valence-electron chi connectivity index (χ1n) is 9.39. The molecule has 1 N–H and O–H groups in total. The van der Waals surface area contributed by atoms with Gasteiger partial charge in [-0.3, -0.25) is 13.9 Å². The van der Waals surface area contributed by atoms with E-state index >= 15 is 0 Å². The number of sulfonamides is 1. The van der Waals surface area contributed by atoms with Crippen LogP contribution < -0.4 is 10.4 Å². The van der Waals surface area contributed by atoms with E-state index in [1.165, 1.54) is 16.3 Å². The second-order valence-electron chi connectivity index (χ2n) is 7.16. The smallest absolute Gasteiger partial charge is 0.295 e. The average molecular weight is 474 g/mol. The summed E-state index contributed by atoms with van der Waals surface area (Å²) in [6.07, 6.45) is 0. The van der Waals surface area contributed by atoms with Gasteiger partial charge in [0, 0.05) is 28.9 Å². The van der Waals surface area contributed by atoms with E-state index in [0.717, 1.165) is 4.90 Å². The van der Waals surface area contributed by atoms with Crippen molar-refractivity contribution in [2.45, 2.75) is 21.6 Å². The number of fused-ring (bicyclic) bond motifs is 1. The molecule has 4 aromatic rings. The van der Waals surface area contributed by atoms with Crippen molar-refractivity contribution >= 4 is 50.1 Å². The number of halogens is 1. The summed E-state index contributed by atoms with van der Waals surface area (Å²) in [6.45, 7) is 1.75. The summed E-state index contributed by atoms with van der Waals surface area (Å²) in [5.41, 5.74) is 2.21. The maximum absolute atomic E-state index is 13.2. The van der Waals surface area contributed by atoms with E-state index in [-0.39, 0.29) is 10.6 Å². The molecule has 0 unspecified atom stereocenters. The van der Waals surface area contributed by atoms with Crippen LogP contribution in [0, 0.1) is 6.92 Å². The molecule has 3 aromatic carbocycles. The van der Waals surface area contributed by atoms with Crippen molar-refractivity contribution in [1.82, 2.24) is 9.13 Å². The number of nitrogens with one attached hydrogen (secondary N) is 1. The van der Waals surface area contributed by atoms with Crippen LogP contribution in [0.1, 0.15) is 5.56 Å². The second kappa shape index (κ2) is 8.11. The number of nitrogens with zero attached hydrogens (tertiary/aromatic N) is 2. The SMILES string of the molecule is Cc1ccccc1S(=O)(=O)Nc1cc2c(cc1Sc1ccc(Cl)cc1)n(C)c(=O)n2C. The van der Waals surface area contributed by atoms with Crippen LogP contribution in [0.3, 0.4) is 0 Å². The number of aryl methyl sites for hydroxylation is 3. The Morgan fingerprint density at radius 3 is 2.19 bits per heavy atom. The molecule has 0 radical (unpaired) electrons. The predicted octanol–water partition coefficient (Wildman–Crippen LogP) is 4.79. The number of imidazole rings is 1. The molecule has 0 atom stereocenters. The second-order valence-corrected chi connectivity index (χ2v) is 10.4. The van der Waals surface area contributed by atoms with Gasteiger partial charge >= 0.3 is 5.69 Å². The predicted molar refractivity (Wildman–Crippen MR) is 126 cm³/mol. The molecule has 0 amide bonds. The van der Waals surface area contributed by atoms with Gasteiger partial charge in [-0.05, 0) is 55.0 Å². The summed E-state index contributed by atoms with van der Waals surface area (Å²) in [5.74, 6) is 0. The van der Waals surface area contributed by atoms with Crippen molar-refractivity contribution in [1.29, 1.82) is 0 Å². The fourth-order valence-corrected chi connectivity index (χ4v) is 5.80. The van der Waals surface area contributed by atoms with Crippen LogP contribution in [0.15, 0.2) is 80.1 Å². The monoisotopic (exact) mass is 473 g/mol. The van der Waals surface area contributed by atoms with Gasteiger partial charge in [0.15, 0.2) is 0 Å². The number of benzene rings is 3. The lowest BCUT2D eigenvalue weighted by Crippen LogP contribution is -2.19. The summed E-state index contributed by atoms with van der Waals surface area (Å²) in [7, 11) is -0.473. The maximum atomic E-state index is 13.2. The van der Waals surface area contributed by atoms with E-state index in [0.29, 0.717) is 32.2 Å². The number of rotatable bonds is 5. The summed E-state index contributed by atoms with van der Waals surface area (Å²) >= 11 is 7.38. The van der Waals surface area contributed by atoms with E-state index in [4.69, 9.17) is 11.6 Å². The highest BCUT2D eigenvalue weighted by Crippen LogP contribution is 2.37. The molecule has 0 aliphatic heterocycles. The molecule has 0 saturated heterocycles. The fraction of sp³-hybridized carbons (Fsp3) is 0.136. The van der Waals surface area contributed by atoms with Crippen LogP contribution in [-0.2, 0) is 24.1 Å². The van der Waals surface area contributed by atoms with Gasteiger partial charge in [-0.15, -0.1) is 0 Å². The number of anilines is 1. The van der Waals surface area contributed by atoms with Gasteiger partial charge in [-0.1, -0.05) is 41.6 Å². The first-order chi connectivity index (χ1) is 14.7. The average Bonchev–Trinajstić information content (AvgIpc) is 2.93. The summed E-state index contributed by atoms with van der Waals surface area (Å²) in [5, 5.41) is 0.616. The lowest BCUT2D eigenvalue weighted by molar-refractivity contribution is 0.600. The van der Waals surface area contributed by atoms with E-state index in [2.05, 4.69) is 4.72 Å². The molecule has 160 valence electrons. The van der Waals surface area contributed by atoms with Crippen molar-refractivity contribution in [2.75, 3.05) is 4.72 Å². The number of hydrogen-bond acceptors (Lipinski definition) is 4. The quantitative estimate of drug-likeness (QED) is 0.452. The van der Waals surface area contributed by atoms with Crippen molar-refractivity contribution in [3.05, 3.63) is 81.7 Å². The zero-order valence-electron chi connectivity index (χ0n) is 17.1. The fourth-order valence-electron chi connectivity index (χ4n) is 3.38. The third-order valence-electron chi connectivity index (χ3n) is 5.04. The van der Waals surface area contributed by atoms with Crippen LogP contribution in [0.5, 0.6) is 0 Å². The minimum atomic E-state index is -3.83. The first kappa shape index (κ1) is 21.5. The Balaban J connectivity index is 1.87. The summed E-state index contributed by atoms with van der Waals surface area (Å²) in [6, 6.07) is 17.6. The minimum Gasteiger partial charge on any atom is -0.295 e. The first-order valence-corrected chi connectivity index (χ1v) is 12.1. The third-order valence-corrected chi connectivity index (χ3v) is 7.89.